The normalized spacial score (nSPS) is 12.4. The van der Waals surface area contributed by atoms with Crippen molar-refractivity contribution < 1.29 is 0 Å². The van der Waals surface area contributed by atoms with Crippen molar-refractivity contribution in [2.24, 2.45) is 5.73 Å². The second-order valence-corrected chi connectivity index (χ2v) is 5.34. The molecule has 0 saturated carbocycles. The summed E-state index contributed by atoms with van der Waals surface area (Å²) in [5.74, 6) is 0.703. The first-order valence-corrected chi connectivity index (χ1v) is 6.76. The topological polar surface area (TPSA) is 60.9 Å². The quantitative estimate of drug-likeness (QED) is 0.930. The van der Waals surface area contributed by atoms with Gasteiger partial charge in [0.25, 0.3) is 5.56 Å². The molecule has 1 aromatic carbocycles. The molecule has 20 heavy (non-hydrogen) atoms. The van der Waals surface area contributed by atoms with Gasteiger partial charge in [0, 0.05) is 24.3 Å². The van der Waals surface area contributed by atoms with Crippen molar-refractivity contribution in [3.05, 3.63) is 62.8 Å². The maximum atomic E-state index is 12.0. The van der Waals surface area contributed by atoms with Gasteiger partial charge in [-0.2, -0.15) is 0 Å². The first kappa shape index (κ1) is 14.5. The molecule has 4 nitrogen and oxygen atoms in total. The molecule has 0 saturated heterocycles. The molecule has 106 valence electrons. The highest BCUT2D eigenvalue weighted by molar-refractivity contribution is 5.31. The zero-order valence-electron chi connectivity index (χ0n) is 12.5. The summed E-state index contributed by atoms with van der Waals surface area (Å²) in [6.45, 7) is 8.24. The number of aromatic nitrogens is 2. The van der Waals surface area contributed by atoms with Crippen LogP contribution in [0, 0.1) is 27.7 Å². The number of hydrogen-bond donors (Lipinski definition) is 1. The number of hydrogen-bond acceptors (Lipinski definition) is 3. The van der Waals surface area contributed by atoms with E-state index in [1.54, 1.807) is 10.6 Å². The third-order valence-corrected chi connectivity index (χ3v) is 3.67. The molecule has 1 heterocycles. The van der Waals surface area contributed by atoms with Crippen molar-refractivity contribution >= 4 is 0 Å². The number of aryl methyl sites for hydroxylation is 4. The number of nitrogens with two attached hydrogens (primary N) is 1. The van der Waals surface area contributed by atoms with Crippen molar-refractivity contribution in [3.63, 3.8) is 0 Å². The molecule has 1 atom stereocenters. The van der Waals surface area contributed by atoms with Crippen LogP contribution in [0.2, 0.25) is 0 Å². The Balaban J connectivity index is 2.30. The summed E-state index contributed by atoms with van der Waals surface area (Å²) in [5, 5.41) is 0. The molecule has 2 rings (SSSR count). The first-order chi connectivity index (χ1) is 9.38. The molecule has 2 aromatic rings. The van der Waals surface area contributed by atoms with Gasteiger partial charge in [0.1, 0.15) is 5.82 Å². The van der Waals surface area contributed by atoms with Gasteiger partial charge < -0.3 is 5.73 Å². The Labute approximate surface area is 119 Å². The SMILES string of the molecule is Cc1cc(=O)n(CC(N)c2ccc(C)c(C)c2)c(C)n1. The molecule has 0 aliphatic carbocycles. The van der Waals surface area contributed by atoms with E-state index in [2.05, 4.69) is 31.0 Å². The van der Waals surface area contributed by atoms with Crippen molar-refractivity contribution in [2.75, 3.05) is 0 Å². The zero-order chi connectivity index (χ0) is 14.9. The Morgan fingerprint density at radius 3 is 2.45 bits per heavy atom. The maximum absolute atomic E-state index is 12.0. The minimum atomic E-state index is -0.213. The number of nitrogens with zero attached hydrogens (tertiary/aromatic N) is 2. The lowest BCUT2D eigenvalue weighted by Gasteiger charge is -2.17. The molecule has 0 fully saturated rings. The molecular formula is C16H21N3O. The maximum Gasteiger partial charge on any atom is 0.253 e. The summed E-state index contributed by atoms with van der Waals surface area (Å²) in [7, 11) is 0. The summed E-state index contributed by atoms with van der Waals surface area (Å²) in [6.07, 6.45) is 0. The molecule has 1 aromatic heterocycles. The molecule has 0 spiro atoms. The highest BCUT2D eigenvalue weighted by Crippen LogP contribution is 2.16. The molecule has 0 radical (unpaired) electrons. The van der Waals surface area contributed by atoms with Crippen molar-refractivity contribution in [1.29, 1.82) is 0 Å². The van der Waals surface area contributed by atoms with Crippen molar-refractivity contribution in [3.8, 4) is 0 Å². The zero-order valence-corrected chi connectivity index (χ0v) is 12.5. The fourth-order valence-corrected chi connectivity index (χ4v) is 2.28. The summed E-state index contributed by atoms with van der Waals surface area (Å²) in [6, 6.07) is 7.50. The highest BCUT2D eigenvalue weighted by Gasteiger charge is 2.11. The van der Waals surface area contributed by atoms with E-state index >= 15 is 0 Å². The van der Waals surface area contributed by atoms with Crippen molar-refractivity contribution in [2.45, 2.75) is 40.3 Å². The first-order valence-electron chi connectivity index (χ1n) is 6.76. The molecule has 1 unspecified atom stereocenters. The third kappa shape index (κ3) is 2.96. The lowest BCUT2D eigenvalue weighted by atomic mass is 10.0. The lowest BCUT2D eigenvalue weighted by molar-refractivity contribution is 0.538. The summed E-state index contributed by atoms with van der Waals surface area (Å²) >= 11 is 0. The second-order valence-electron chi connectivity index (χ2n) is 5.34. The van der Waals surface area contributed by atoms with E-state index in [0.717, 1.165) is 11.3 Å². The van der Waals surface area contributed by atoms with E-state index < -0.39 is 0 Å². The summed E-state index contributed by atoms with van der Waals surface area (Å²) in [4.78, 5) is 16.3. The Bertz CT molecular complexity index is 689. The van der Waals surface area contributed by atoms with E-state index in [1.165, 1.54) is 11.1 Å². The minimum absolute atomic E-state index is 0.0470. The Morgan fingerprint density at radius 2 is 1.85 bits per heavy atom. The molecule has 4 heteroatoms. The van der Waals surface area contributed by atoms with E-state index in [4.69, 9.17) is 5.73 Å². The predicted molar refractivity (Wildman–Crippen MR) is 80.8 cm³/mol. The molecular weight excluding hydrogens is 250 g/mol. The van der Waals surface area contributed by atoms with Crippen LogP contribution >= 0.6 is 0 Å². The molecule has 0 aliphatic heterocycles. The average Bonchev–Trinajstić information content (AvgIpc) is 2.36. The van der Waals surface area contributed by atoms with Crippen LogP contribution in [-0.4, -0.2) is 9.55 Å². The average molecular weight is 271 g/mol. The van der Waals surface area contributed by atoms with Gasteiger partial charge in [-0.15, -0.1) is 0 Å². The Hall–Kier alpha value is -1.94. The van der Waals surface area contributed by atoms with Gasteiger partial charge in [-0.1, -0.05) is 18.2 Å². The van der Waals surface area contributed by atoms with Crippen LogP contribution in [0.1, 0.15) is 34.3 Å². The van der Waals surface area contributed by atoms with E-state index in [1.807, 2.05) is 19.9 Å². The van der Waals surface area contributed by atoms with Crippen LogP contribution in [0.25, 0.3) is 0 Å². The summed E-state index contributed by atoms with van der Waals surface area (Å²) < 4.78 is 1.63. The third-order valence-electron chi connectivity index (χ3n) is 3.67. The largest absolute Gasteiger partial charge is 0.322 e. The molecule has 2 N–H and O–H groups in total. The van der Waals surface area contributed by atoms with Crippen LogP contribution in [0.4, 0.5) is 0 Å². The van der Waals surface area contributed by atoms with E-state index in [-0.39, 0.29) is 11.6 Å². The van der Waals surface area contributed by atoms with Crippen LogP contribution < -0.4 is 11.3 Å². The second kappa shape index (κ2) is 5.59. The van der Waals surface area contributed by atoms with Gasteiger partial charge >= 0.3 is 0 Å². The molecule has 0 bridgehead atoms. The highest BCUT2D eigenvalue weighted by atomic mass is 16.1. The van der Waals surface area contributed by atoms with E-state index in [0.29, 0.717) is 12.4 Å². The van der Waals surface area contributed by atoms with Crippen molar-refractivity contribution in [1.82, 2.24) is 9.55 Å². The van der Waals surface area contributed by atoms with Crippen LogP contribution in [0.5, 0.6) is 0 Å². The minimum Gasteiger partial charge on any atom is -0.322 e. The standard InChI is InChI=1S/C16H21N3O/c1-10-5-6-14(7-11(10)2)15(17)9-19-13(4)18-12(3)8-16(19)20/h5-8,15H,9,17H2,1-4H3. The summed E-state index contributed by atoms with van der Waals surface area (Å²) in [5.41, 5.74) is 10.4. The molecule has 0 amide bonds. The van der Waals surface area contributed by atoms with E-state index in [9.17, 15) is 4.79 Å². The molecule has 0 aliphatic rings. The van der Waals surface area contributed by atoms with Gasteiger partial charge in [-0.3, -0.25) is 9.36 Å². The van der Waals surface area contributed by atoms with Gasteiger partial charge in [-0.05, 0) is 44.4 Å². The van der Waals surface area contributed by atoms with Crippen LogP contribution in [-0.2, 0) is 6.54 Å². The fraction of sp³-hybridized carbons (Fsp3) is 0.375. The monoisotopic (exact) mass is 271 g/mol. The van der Waals surface area contributed by atoms with Gasteiger partial charge in [0.2, 0.25) is 0 Å². The van der Waals surface area contributed by atoms with Gasteiger partial charge in [-0.25, -0.2) is 4.98 Å². The number of rotatable bonds is 3. The number of benzene rings is 1. The van der Waals surface area contributed by atoms with Crippen LogP contribution in [0.3, 0.4) is 0 Å². The Morgan fingerprint density at radius 1 is 1.15 bits per heavy atom. The Kier molecular flexibility index (Phi) is 4.04. The predicted octanol–water partition coefficient (Wildman–Crippen LogP) is 2.18. The van der Waals surface area contributed by atoms with Gasteiger partial charge in [0.15, 0.2) is 0 Å². The van der Waals surface area contributed by atoms with Gasteiger partial charge in [0.05, 0.1) is 0 Å². The lowest BCUT2D eigenvalue weighted by Crippen LogP contribution is -2.29. The van der Waals surface area contributed by atoms with Crippen LogP contribution in [0.15, 0.2) is 29.1 Å². The fourth-order valence-electron chi connectivity index (χ4n) is 2.28. The smallest absolute Gasteiger partial charge is 0.253 e.